The standard InChI is InChI=1S/C16H26N2O3/c19-14(20)16(7-1-2-8-16)11-17-15(21)18(9-12-3-4-12)10-13-5-6-13/h12-13H,1-11H2,(H,17,21)(H,19,20). The summed E-state index contributed by atoms with van der Waals surface area (Å²) in [4.78, 5) is 25.9. The van der Waals surface area contributed by atoms with Crippen LogP contribution in [0.1, 0.15) is 51.4 Å². The zero-order valence-corrected chi connectivity index (χ0v) is 12.6. The number of nitrogens with zero attached hydrogens (tertiary/aromatic N) is 1. The highest BCUT2D eigenvalue weighted by molar-refractivity contribution is 5.78. The Hall–Kier alpha value is -1.26. The number of hydrogen-bond donors (Lipinski definition) is 2. The molecule has 2 amide bonds. The van der Waals surface area contributed by atoms with E-state index in [1.807, 2.05) is 4.90 Å². The average molecular weight is 294 g/mol. The number of carboxylic acids is 1. The van der Waals surface area contributed by atoms with Crippen LogP contribution in [0.3, 0.4) is 0 Å². The second-order valence-electron chi connectivity index (χ2n) is 7.24. The van der Waals surface area contributed by atoms with Gasteiger partial charge in [-0.3, -0.25) is 4.79 Å². The number of carboxylic acid groups (broad SMARTS) is 1. The van der Waals surface area contributed by atoms with Gasteiger partial charge in [0.2, 0.25) is 0 Å². The number of hydrogen-bond acceptors (Lipinski definition) is 2. The van der Waals surface area contributed by atoms with Gasteiger partial charge in [-0.2, -0.15) is 0 Å². The van der Waals surface area contributed by atoms with Crippen LogP contribution in [0, 0.1) is 17.3 Å². The van der Waals surface area contributed by atoms with E-state index in [0.717, 1.165) is 25.9 Å². The molecule has 3 fully saturated rings. The van der Waals surface area contributed by atoms with Gasteiger partial charge in [0.05, 0.1) is 5.41 Å². The molecule has 3 aliphatic rings. The summed E-state index contributed by atoms with van der Waals surface area (Å²) in [6, 6.07) is -0.0543. The third-order valence-electron chi connectivity index (χ3n) is 5.23. The van der Waals surface area contributed by atoms with Crippen molar-refractivity contribution in [3.63, 3.8) is 0 Å². The van der Waals surface area contributed by atoms with E-state index >= 15 is 0 Å². The van der Waals surface area contributed by atoms with Gasteiger partial charge in [0.1, 0.15) is 0 Å². The highest BCUT2D eigenvalue weighted by Crippen LogP contribution is 2.38. The van der Waals surface area contributed by atoms with Crippen LogP contribution in [-0.2, 0) is 4.79 Å². The SMILES string of the molecule is O=C(NCC1(C(=O)O)CCCC1)N(CC1CC1)CC1CC1. The molecule has 0 saturated heterocycles. The molecule has 118 valence electrons. The molecule has 3 saturated carbocycles. The fourth-order valence-electron chi connectivity index (χ4n) is 3.34. The number of rotatable bonds is 7. The van der Waals surface area contributed by atoms with Crippen molar-refractivity contribution in [3.8, 4) is 0 Å². The molecule has 0 heterocycles. The molecule has 3 rings (SSSR count). The molecule has 5 nitrogen and oxygen atoms in total. The molecule has 0 aromatic carbocycles. The molecular formula is C16H26N2O3. The molecule has 0 atom stereocenters. The first-order valence-corrected chi connectivity index (χ1v) is 8.35. The molecule has 2 N–H and O–H groups in total. The van der Waals surface area contributed by atoms with E-state index < -0.39 is 11.4 Å². The van der Waals surface area contributed by atoms with Crippen LogP contribution in [-0.4, -0.2) is 41.6 Å². The quantitative estimate of drug-likeness (QED) is 0.758. The van der Waals surface area contributed by atoms with Gasteiger partial charge in [0, 0.05) is 19.6 Å². The van der Waals surface area contributed by atoms with E-state index in [-0.39, 0.29) is 12.6 Å². The third-order valence-corrected chi connectivity index (χ3v) is 5.23. The van der Waals surface area contributed by atoms with Crippen LogP contribution >= 0.6 is 0 Å². The number of carbonyl (C=O) groups excluding carboxylic acids is 1. The topological polar surface area (TPSA) is 69.6 Å². The monoisotopic (exact) mass is 294 g/mol. The van der Waals surface area contributed by atoms with Gasteiger partial charge in [-0.25, -0.2) is 4.79 Å². The van der Waals surface area contributed by atoms with E-state index in [1.165, 1.54) is 25.7 Å². The molecule has 3 aliphatic carbocycles. The van der Waals surface area contributed by atoms with Crippen LogP contribution in [0.2, 0.25) is 0 Å². The van der Waals surface area contributed by atoms with E-state index in [1.54, 1.807) is 0 Å². The minimum Gasteiger partial charge on any atom is -0.481 e. The lowest BCUT2D eigenvalue weighted by Crippen LogP contribution is -2.47. The maximum absolute atomic E-state index is 12.4. The predicted molar refractivity (Wildman–Crippen MR) is 79.0 cm³/mol. The van der Waals surface area contributed by atoms with E-state index in [4.69, 9.17) is 0 Å². The number of amides is 2. The lowest BCUT2D eigenvalue weighted by atomic mass is 9.86. The van der Waals surface area contributed by atoms with Gasteiger partial charge < -0.3 is 15.3 Å². The number of aliphatic carboxylic acids is 1. The second-order valence-corrected chi connectivity index (χ2v) is 7.24. The van der Waals surface area contributed by atoms with Crippen molar-refractivity contribution >= 4 is 12.0 Å². The van der Waals surface area contributed by atoms with E-state index in [2.05, 4.69) is 5.32 Å². The molecule has 0 aromatic rings. The first-order valence-electron chi connectivity index (χ1n) is 8.35. The summed E-state index contributed by atoms with van der Waals surface area (Å²) in [6.45, 7) is 1.98. The van der Waals surface area contributed by atoms with Gasteiger partial charge in [-0.1, -0.05) is 12.8 Å². The number of nitrogens with one attached hydrogen (secondary N) is 1. The fraction of sp³-hybridized carbons (Fsp3) is 0.875. The summed E-state index contributed by atoms with van der Waals surface area (Å²) >= 11 is 0. The van der Waals surface area contributed by atoms with Crippen molar-refractivity contribution in [2.75, 3.05) is 19.6 Å². The predicted octanol–water partition coefficient (Wildman–Crippen LogP) is 2.46. The molecule has 5 heteroatoms. The van der Waals surface area contributed by atoms with E-state index in [0.29, 0.717) is 24.7 Å². The number of urea groups is 1. The Kier molecular flexibility index (Phi) is 4.09. The Morgan fingerprint density at radius 3 is 2.00 bits per heavy atom. The van der Waals surface area contributed by atoms with Gasteiger partial charge >= 0.3 is 12.0 Å². The minimum absolute atomic E-state index is 0.0543. The Bertz CT molecular complexity index is 396. The van der Waals surface area contributed by atoms with Crippen LogP contribution in [0.5, 0.6) is 0 Å². The summed E-state index contributed by atoms with van der Waals surface area (Å²) in [5.74, 6) is 0.597. The summed E-state index contributed by atoms with van der Waals surface area (Å²) in [6.07, 6.45) is 8.20. The highest BCUT2D eigenvalue weighted by atomic mass is 16.4. The maximum atomic E-state index is 12.4. The molecule has 21 heavy (non-hydrogen) atoms. The highest BCUT2D eigenvalue weighted by Gasteiger charge is 2.42. The summed E-state index contributed by atoms with van der Waals surface area (Å²) < 4.78 is 0. The molecular weight excluding hydrogens is 268 g/mol. The zero-order valence-electron chi connectivity index (χ0n) is 12.6. The van der Waals surface area contributed by atoms with Crippen LogP contribution in [0.25, 0.3) is 0 Å². The minimum atomic E-state index is -0.753. The van der Waals surface area contributed by atoms with Gasteiger partial charge in [-0.05, 0) is 50.4 Å². The number of carbonyl (C=O) groups is 2. The fourth-order valence-corrected chi connectivity index (χ4v) is 3.34. The first-order chi connectivity index (χ1) is 10.1. The first kappa shape index (κ1) is 14.7. The lowest BCUT2D eigenvalue weighted by Gasteiger charge is -2.28. The molecule has 0 radical (unpaired) electrons. The van der Waals surface area contributed by atoms with Gasteiger partial charge in [0.15, 0.2) is 0 Å². The van der Waals surface area contributed by atoms with Crippen LogP contribution in [0.4, 0.5) is 4.79 Å². The van der Waals surface area contributed by atoms with E-state index in [9.17, 15) is 14.7 Å². The Labute approximate surface area is 126 Å². The Morgan fingerprint density at radius 1 is 1.05 bits per heavy atom. The smallest absolute Gasteiger partial charge is 0.317 e. The second kappa shape index (κ2) is 5.85. The average Bonchev–Trinajstić information content (AvgIpc) is 3.38. The van der Waals surface area contributed by atoms with Crippen molar-refractivity contribution < 1.29 is 14.7 Å². The Balaban J connectivity index is 1.53. The molecule has 0 unspecified atom stereocenters. The van der Waals surface area contributed by atoms with Gasteiger partial charge in [0.25, 0.3) is 0 Å². The van der Waals surface area contributed by atoms with Crippen molar-refractivity contribution in [1.82, 2.24) is 10.2 Å². The molecule has 0 aliphatic heterocycles. The van der Waals surface area contributed by atoms with Gasteiger partial charge in [-0.15, -0.1) is 0 Å². The Morgan fingerprint density at radius 2 is 1.57 bits per heavy atom. The molecule has 0 aromatic heterocycles. The molecule has 0 bridgehead atoms. The summed E-state index contributed by atoms with van der Waals surface area (Å²) in [5.41, 5.74) is -0.722. The van der Waals surface area contributed by atoms with Crippen molar-refractivity contribution in [2.45, 2.75) is 51.4 Å². The van der Waals surface area contributed by atoms with Crippen LogP contribution < -0.4 is 5.32 Å². The van der Waals surface area contributed by atoms with Crippen LogP contribution in [0.15, 0.2) is 0 Å². The summed E-state index contributed by atoms with van der Waals surface area (Å²) in [5, 5.41) is 12.4. The normalized spacial score (nSPS) is 23.8. The zero-order chi connectivity index (χ0) is 14.9. The lowest BCUT2D eigenvalue weighted by molar-refractivity contribution is -0.148. The van der Waals surface area contributed by atoms with Crippen molar-refractivity contribution in [2.24, 2.45) is 17.3 Å². The summed E-state index contributed by atoms with van der Waals surface area (Å²) in [7, 11) is 0. The van der Waals surface area contributed by atoms with Crippen molar-refractivity contribution in [1.29, 1.82) is 0 Å². The largest absolute Gasteiger partial charge is 0.481 e. The third kappa shape index (κ3) is 3.69. The van der Waals surface area contributed by atoms with Crippen molar-refractivity contribution in [3.05, 3.63) is 0 Å². The molecule has 0 spiro atoms. The maximum Gasteiger partial charge on any atom is 0.317 e.